The van der Waals surface area contributed by atoms with Gasteiger partial charge < -0.3 is 4.74 Å². The summed E-state index contributed by atoms with van der Waals surface area (Å²) in [5.74, 6) is 0. The first kappa shape index (κ1) is 8.96. The molecule has 0 fully saturated rings. The van der Waals surface area contributed by atoms with Crippen molar-refractivity contribution in [2.24, 2.45) is 5.41 Å². The third-order valence-corrected chi connectivity index (χ3v) is 2.17. The lowest BCUT2D eigenvalue weighted by molar-refractivity contribution is -0.0409. The van der Waals surface area contributed by atoms with Crippen LogP contribution < -0.4 is 0 Å². The summed E-state index contributed by atoms with van der Waals surface area (Å²) in [4.78, 5) is 0. The lowest BCUT2D eigenvalue weighted by Crippen LogP contribution is -2.37. The summed E-state index contributed by atoms with van der Waals surface area (Å²) < 4.78 is 5.05. The Hall–Kier alpha value is -0.0400. The van der Waals surface area contributed by atoms with Crippen LogP contribution in [0.2, 0.25) is 0 Å². The molecule has 0 saturated carbocycles. The highest BCUT2D eigenvalue weighted by Crippen LogP contribution is 2.32. The Morgan fingerprint density at radius 1 is 1.00 bits per heavy atom. The highest BCUT2D eigenvalue weighted by atomic mass is 16.5. The number of rotatable bonds is 1. The molecule has 1 heteroatoms. The van der Waals surface area contributed by atoms with E-state index in [2.05, 4.69) is 27.9 Å². The van der Waals surface area contributed by atoms with Gasteiger partial charge in [-0.05, 0) is 19.3 Å². The van der Waals surface area contributed by atoms with Crippen molar-refractivity contribution in [3.05, 3.63) is 7.11 Å². The molecular weight excluding hydrogens is 112 g/mol. The molecule has 0 aliphatic carbocycles. The van der Waals surface area contributed by atoms with Crippen LogP contribution in [0.1, 0.15) is 34.6 Å². The fourth-order valence-corrected chi connectivity index (χ4v) is 0.217. The highest BCUT2D eigenvalue weighted by molar-refractivity contribution is 4.83. The van der Waals surface area contributed by atoms with Crippen molar-refractivity contribution >= 4 is 0 Å². The number of ether oxygens (including phenoxy) is 1. The normalized spacial score (nSPS) is 14.0. The molecule has 0 bridgehead atoms. The van der Waals surface area contributed by atoms with Crippen LogP contribution in [0.5, 0.6) is 0 Å². The first-order chi connectivity index (χ1) is 3.81. The zero-order valence-electron chi connectivity index (χ0n) is 7.12. The van der Waals surface area contributed by atoms with E-state index >= 15 is 0 Å². The van der Waals surface area contributed by atoms with Crippen LogP contribution in [0.3, 0.4) is 0 Å². The molecule has 1 nitrogen and oxygen atoms in total. The van der Waals surface area contributed by atoms with Crippen molar-refractivity contribution in [1.82, 2.24) is 0 Å². The van der Waals surface area contributed by atoms with Crippen molar-refractivity contribution in [2.45, 2.75) is 40.2 Å². The summed E-state index contributed by atoms with van der Waals surface area (Å²) in [6.45, 7) is 10.5. The Bertz CT molecular complexity index is 87.2. The Morgan fingerprint density at radius 2 is 1.33 bits per heavy atom. The smallest absolute Gasteiger partial charge is 0.0708 e. The van der Waals surface area contributed by atoms with Crippen LogP contribution in [-0.4, -0.2) is 5.60 Å². The number of hydrogen-bond donors (Lipinski definition) is 0. The molecule has 0 amide bonds. The second-order valence-electron chi connectivity index (χ2n) is 3.90. The molecule has 0 aromatic heterocycles. The van der Waals surface area contributed by atoms with E-state index in [1.165, 1.54) is 0 Å². The molecule has 9 heavy (non-hydrogen) atoms. The summed E-state index contributed by atoms with van der Waals surface area (Å²) in [6, 6.07) is 0. The minimum atomic E-state index is -0.132. The molecule has 0 aromatic carbocycles. The molecule has 0 aromatic rings. The van der Waals surface area contributed by atoms with Gasteiger partial charge in [0.25, 0.3) is 0 Å². The molecule has 0 aliphatic rings. The zero-order valence-corrected chi connectivity index (χ0v) is 7.12. The van der Waals surface area contributed by atoms with Gasteiger partial charge in [0.2, 0.25) is 0 Å². The standard InChI is InChI=1S/C8H17O/c1-7(2,3)8(4,5)9-6/h6H2,1-5H3. The quantitative estimate of drug-likeness (QED) is 0.529. The molecule has 0 atom stereocenters. The molecule has 0 heterocycles. The van der Waals surface area contributed by atoms with Crippen LogP contribution in [0.15, 0.2) is 0 Å². The molecule has 0 rings (SSSR count). The monoisotopic (exact) mass is 129 g/mol. The maximum atomic E-state index is 5.05. The van der Waals surface area contributed by atoms with E-state index < -0.39 is 0 Å². The van der Waals surface area contributed by atoms with Gasteiger partial charge >= 0.3 is 0 Å². The van der Waals surface area contributed by atoms with E-state index in [0.717, 1.165) is 0 Å². The molecule has 0 aliphatic heterocycles. The van der Waals surface area contributed by atoms with Crippen LogP contribution >= 0.6 is 0 Å². The van der Waals surface area contributed by atoms with Gasteiger partial charge in [-0.25, -0.2) is 0 Å². The van der Waals surface area contributed by atoms with E-state index in [-0.39, 0.29) is 11.0 Å². The Kier molecular flexibility index (Phi) is 2.29. The molecule has 55 valence electrons. The van der Waals surface area contributed by atoms with Gasteiger partial charge in [0.15, 0.2) is 0 Å². The van der Waals surface area contributed by atoms with Crippen molar-refractivity contribution in [1.29, 1.82) is 0 Å². The minimum Gasteiger partial charge on any atom is -0.373 e. The topological polar surface area (TPSA) is 9.23 Å². The fraction of sp³-hybridized carbons (Fsp3) is 0.875. The summed E-state index contributed by atoms with van der Waals surface area (Å²) in [6.07, 6.45) is 0. The molecule has 0 spiro atoms. The van der Waals surface area contributed by atoms with Gasteiger partial charge in [-0.3, -0.25) is 0 Å². The fourth-order valence-electron chi connectivity index (χ4n) is 0.217. The predicted octanol–water partition coefficient (Wildman–Crippen LogP) is 2.62. The van der Waals surface area contributed by atoms with Crippen molar-refractivity contribution in [3.63, 3.8) is 0 Å². The van der Waals surface area contributed by atoms with Crippen LogP contribution in [-0.2, 0) is 4.74 Å². The van der Waals surface area contributed by atoms with Crippen LogP contribution in [0.25, 0.3) is 0 Å². The minimum absolute atomic E-state index is 0.132. The Labute approximate surface area is 58.4 Å². The van der Waals surface area contributed by atoms with Gasteiger partial charge in [0.1, 0.15) is 0 Å². The van der Waals surface area contributed by atoms with Crippen LogP contribution in [0.4, 0.5) is 0 Å². The third kappa shape index (κ3) is 1.98. The van der Waals surface area contributed by atoms with E-state index in [0.29, 0.717) is 0 Å². The maximum Gasteiger partial charge on any atom is 0.0708 e. The van der Waals surface area contributed by atoms with Crippen molar-refractivity contribution < 1.29 is 4.74 Å². The SMILES string of the molecule is [CH2]OC(C)(C)C(C)(C)C. The molecule has 0 N–H and O–H groups in total. The van der Waals surface area contributed by atoms with E-state index in [1.54, 1.807) is 0 Å². The first-order valence-electron chi connectivity index (χ1n) is 3.24. The lowest BCUT2D eigenvalue weighted by atomic mass is 9.79. The third-order valence-electron chi connectivity index (χ3n) is 2.17. The number of hydrogen-bond acceptors (Lipinski definition) is 1. The van der Waals surface area contributed by atoms with Gasteiger partial charge in [-0.1, -0.05) is 20.8 Å². The predicted molar refractivity (Wildman–Crippen MR) is 40.0 cm³/mol. The largest absolute Gasteiger partial charge is 0.373 e. The van der Waals surface area contributed by atoms with Gasteiger partial charge in [-0.2, -0.15) is 0 Å². The molecule has 0 unspecified atom stereocenters. The van der Waals surface area contributed by atoms with Crippen LogP contribution in [0, 0.1) is 12.5 Å². The average molecular weight is 129 g/mol. The van der Waals surface area contributed by atoms with E-state index in [4.69, 9.17) is 4.74 Å². The summed E-state index contributed by atoms with van der Waals surface area (Å²) in [7, 11) is 3.42. The Morgan fingerprint density at radius 3 is 1.33 bits per heavy atom. The van der Waals surface area contributed by atoms with E-state index in [9.17, 15) is 0 Å². The lowest BCUT2D eigenvalue weighted by Gasteiger charge is -2.37. The molecular formula is C8H17O. The second kappa shape index (κ2) is 2.30. The van der Waals surface area contributed by atoms with Gasteiger partial charge in [-0.15, -0.1) is 0 Å². The van der Waals surface area contributed by atoms with E-state index in [1.807, 2.05) is 13.8 Å². The first-order valence-corrected chi connectivity index (χ1v) is 3.24. The summed E-state index contributed by atoms with van der Waals surface area (Å²) in [5, 5.41) is 0. The average Bonchev–Trinajstić information content (AvgIpc) is 1.64. The second-order valence-corrected chi connectivity index (χ2v) is 3.90. The highest BCUT2D eigenvalue weighted by Gasteiger charge is 2.32. The molecule has 1 radical (unpaired) electrons. The summed E-state index contributed by atoms with van der Waals surface area (Å²) in [5.41, 5.74) is 0.0295. The Balaban J connectivity index is 4.14. The van der Waals surface area contributed by atoms with Gasteiger partial charge in [0.05, 0.1) is 12.7 Å². The van der Waals surface area contributed by atoms with Crippen molar-refractivity contribution in [2.75, 3.05) is 0 Å². The maximum absolute atomic E-state index is 5.05. The summed E-state index contributed by atoms with van der Waals surface area (Å²) >= 11 is 0. The molecule has 0 saturated heterocycles. The van der Waals surface area contributed by atoms with Crippen molar-refractivity contribution in [3.8, 4) is 0 Å². The zero-order chi connectivity index (χ0) is 7.71. The van der Waals surface area contributed by atoms with Gasteiger partial charge in [0, 0.05) is 0 Å².